The van der Waals surface area contributed by atoms with Crippen molar-refractivity contribution in [2.24, 2.45) is 0 Å². The summed E-state index contributed by atoms with van der Waals surface area (Å²) in [7, 11) is 0. The van der Waals surface area contributed by atoms with Gasteiger partial charge in [0.25, 0.3) is 0 Å². The van der Waals surface area contributed by atoms with Crippen LogP contribution >= 0.6 is 22.6 Å². The average Bonchev–Trinajstić information content (AvgIpc) is 1.87. The number of ketones is 1. The van der Waals surface area contributed by atoms with E-state index in [4.69, 9.17) is 0 Å². The third-order valence-corrected chi connectivity index (χ3v) is 2.78. The number of halogens is 1. The first-order chi connectivity index (χ1) is 4.22. The maximum Gasteiger partial charge on any atom is 0.145 e. The topological polar surface area (TPSA) is 17.1 Å². The van der Waals surface area contributed by atoms with Crippen LogP contribution in [-0.2, 0) is 4.79 Å². The van der Waals surface area contributed by atoms with Crippen molar-refractivity contribution in [1.82, 2.24) is 0 Å². The smallest absolute Gasteiger partial charge is 0.145 e. The molecule has 0 saturated carbocycles. The van der Waals surface area contributed by atoms with E-state index in [9.17, 15) is 4.79 Å². The summed E-state index contributed by atoms with van der Waals surface area (Å²) in [6.07, 6.45) is 2.71. The van der Waals surface area contributed by atoms with E-state index in [1.165, 1.54) is 0 Å². The van der Waals surface area contributed by atoms with Gasteiger partial charge < -0.3 is 0 Å². The van der Waals surface area contributed by atoms with Gasteiger partial charge in [-0.25, -0.2) is 0 Å². The molecule has 0 N–H and O–H groups in total. The van der Waals surface area contributed by atoms with E-state index >= 15 is 0 Å². The minimum atomic E-state index is 0.252. The van der Waals surface area contributed by atoms with Gasteiger partial charge in [-0.05, 0) is 12.8 Å². The van der Waals surface area contributed by atoms with Crippen LogP contribution in [0.3, 0.4) is 0 Å². The molecule has 0 heterocycles. The van der Waals surface area contributed by atoms with Crippen LogP contribution in [0, 0.1) is 0 Å². The minimum absolute atomic E-state index is 0.252. The van der Waals surface area contributed by atoms with Gasteiger partial charge >= 0.3 is 0 Å². The molecule has 0 aliphatic carbocycles. The molecule has 1 nitrogen and oxygen atoms in total. The number of rotatable bonds is 4. The van der Waals surface area contributed by atoms with Crippen molar-refractivity contribution in [2.45, 2.75) is 37.0 Å². The number of Topliss-reactive ketones (excluding diaryl/α,β-unsaturated/α-hetero) is 1. The molecule has 2 heteroatoms. The lowest BCUT2D eigenvalue weighted by Gasteiger charge is -2.02. The van der Waals surface area contributed by atoms with E-state index in [0.717, 1.165) is 19.3 Å². The Morgan fingerprint density at radius 1 is 1.56 bits per heavy atom. The summed E-state index contributed by atoms with van der Waals surface area (Å²) in [5.41, 5.74) is 0. The first-order valence-electron chi connectivity index (χ1n) is 3.39. The van der Waals surface area contributed by atoms with Crippen LogP contribution in [-0.4, -0.2) is 9.71 Å². The van der Waals surface area contributed by atoms with Crippen LogP contribution in [0.15, 0.2) is 0 Å². The summed E-state index contributed by atoms with van der Waals surface area (Å²) >= 11 is 2.21. The van der Waals surface area contributed by atoms with Crippen LogP contribution < -0.4 is 0 Å². The second kappa shape index (κ2) is 5.21. The standard InChI is InChI=1S/C7H13IO/c1-3-5-7(9)6(8)4-2/h6H,3-5H2,1-2H3. The lowest BCUT2D eigenvalue weighted by atomic mass is 10.1. The largest absolute Gasteiger partial charge is 0.299 e. The Labute approximate surface area is 70.4 Å². The Hall–Kier alpha value is 0.400. The summed E-state index contributed by atoms with van der Waals surface area (Å²) in [4.78, 5) is 11.0. The first kappa shape index (κ1) is 9.40. The molecule has 0 saturated heterocycles. The molecule has 0 aliphatic heterocycles. The van der Waals surface area contributed by atoms with Gasteiger partial charge in [0.15, 0.2) is 0 Å². The number of hydrogen-bond donors (Lipinski definition) is 0. The third-order valence-electron chi connectivity index (χ3n) is 1.20. The van der Waals surface area contributed by atoms with Crippen molar-refractivity contribution in [3.8, 4) is 0 Å². The van der Waals surface area contributed by atoms with Gasteiger partial charge in [-0.2, -0.15) is 0 Å². The normalized spacial score (nSPS) is 13.2. The molecular formula is C7H13IO. The fourth-order valence-electron chi connectivity index (χ4n) is 0.631. The lowest BCUT2D eigenvalue weighted by molar-refractivity contribution is -0.118. The molecular weight excluding hydrogens is 227 g/mol. The maximum atomic E-state index is 11.0. The molecule has 0 aromatic heterocycles. The fourth-order valence-corrected chi connectivity index (χ4v) is 0.942. The van der Waals surface area contributed by atoms with Crippen LogP contribution in [0.5, 0.6) is 0 Å². The molecule has 0 amide bonds. The molecule has 54 valence electrons. The second-order valence-electron chi connectivity index (χ2n) is 2.09. The van der Waals surface area contributed by atoms with Crippen molar-refractivity contribution in [2.75, 3.05) is 0 Å². The minimum Gasteiger partial charge on any atom is -0.299 e. The highest BCUT2D eigenvalue weighted by atomic mass is 127. The Bertz CT molecular complexity index is 90.9. The molecule has 0 aromatic carbocycles. The molecule has 0 aliphatic rings. The van der Waals surface area contributed by atoms with Gasteiger partial charge in [0.05, 0.1) is 3.92 Å². The number of alkyl halides is 1. The van der Waals surface area contributed by atoms with Gasteiger partial charge in [0, 0.05) is 6.42 Å². The highest BCUT2D eigenvalue weighted by Gasteiger charge is 2.09. The Kier molecular flexibility index (Phi) is 5.44. The summed E-state index contributed by atoms with van der Waals surface area (Å²) in [6.45, 7) is 4.08. The SMILES string of the molecule is CCCC(=O)C(I)CC. The molecule has 9 heavy (non-hydrogen) atoms. The van der Waals surface area contributed by atoms with E-state index in [0.29, 0.717) is 5.78 Å². The van der Waals surface area contributed by atoms with Crippen LogP contribution in [0.2, 0.25) is 0 Å². The second-order valence-corrected chi connectivity index (χ2v) is 3.60. The van der Waals surface area contributed by atoms with Gasteiger partial charge in [-0.1, -0.05) is 36.4 Å². The number of carbonyl (C=O) groups excluding carboxylic acids is 1. The molecule has 0 rings (SSSR count). The monoisotopic (exact) mass is 240 g/mol. The summed E-state index contributed by atoms with van der Waals surface area (Å²) in [5, 5.41) is 0. The van der Waals surface area contributed by atoms with Crippen molar-refractivity contribution >= 4 is 28.4 Å². The zero-order valence-corrected chi connectivity index (χ0v) is 8.14. The summed E-state index contributed by atoms with van der Waals surface area (Å²) in [6, 6.07) is 0. The number of hydrogen-bond acceptors (Lipinski definition) is 1. The van der Waals surface area contributed by atoms with E-state index in [2.05, 4.69) is 22.6 Å². The van der Waals surface area contributed by atoms with Crippen LogP contribution in [0.1, 0.15) is 33.1 Å². The predicted molar refractivity (Wildman–Crippen MR) is 48.0 cm³/mol. The third kappa shape index (κ3) is 3.89. The maximum absolute atomic E-state index is 11.0. The van der Waals surface area contributed by atoms with E-state index in [-0.39, 0.29) is 3.92 Å². The van der Waals surface area contributed by atoms with Crippen molar-refractivity contribution in [3.05, 3.63) is 0 Å². The van der Waals surface area contributed by atoms with Crippen LogP contribution in [0.25, 0.3) is 0 Å². The zero-order chi connectivity index (χ0) is 7.28. The molecule has 1 unspecified atom stereocenters. The fraction of sp³-hybridized carbons (Fsp3) is 0.857. The van der Waals surface area contributed by atoms with E-state index in [1.54, 1.807) is 0 Å². The van der Waals surface area contributed by atoms with E-state index < -0.39 is 0 Å². The van der Waals surface area contributed by atoms with E-state index in [1.807, 2.05) is 13.8 Å². The Balaban J connectivity index is 3.46. The molecule has 0 fully saturated rings. The average molecular weight is 240 g/mol. The van der Waals surface area contributed by atoms with Gasteiger partial charge in [-0.3, -0.25) is 4.79 Å². The summed E-state index contributed by atoms with van der Waals surface area (Å²) < 4.78 is 0.252. The zero-order valence-electron chi connectivity index (χ0n) is 5.98. The quantitative estimate of drug-likeness (QED) is 0.545. The highest BCUT2D eigenvalue weighted by molar-refractivity contribution is 14.1. The lowest BCUT2D eigenvalue weighted by Crippen LogP contribution is -2.11. The molecule has 1 atom stereocenters. The highest BCUT2D eigenvalue weighted by Crippen LogP contribution is 2.09. The van der Waals surface area contributed by atoms with Crippen molar-refractivity contribution < 1.29 is 4.79 Å². The molecule has 0 radical (unpaired) electrons. The molecule has 0 aromatic rings. The predicted octanol–water partition coefficient (Wildman–Crippen LogP) is 2.57. The van der Waals surface area contributed by atoms with Gasteiger partial charge in [0.2, 0.25) is 0 Å². The number of carbonyl (C=O) groups is 1. The summed E-state index contributed by atoms with van der Waals surface area (Å²) in [5.74, 6) is 0.403. The van der Waals surface area contributed by atoms with Crippen LogP contribution in [0.4, 0.5) is 0 Å². The molecule has 0 spiro atoms. The Morgan fingerprint density at radius 3 is 2.44 bits per heavy atom. The van der Waals surface area contributed by atoms with Crippen molar-refractivity contribution in [1.29, 1.82) is 0 Å². The van der Waals surface area contributed by atoms with Crippen molar-refractivity contribution in [3.63, 3.8) is 0 Å². The molecule has 0 bridgehead atoms. The first-order valence-corrected chi connectivity index (χ1v) is 4.63. The van der Waals surface area contributed by atoms with Gasteiger partial charge in [-0.15, -0.1) is 0 Å². The van der Waals surface area contributed by atoms with Gasteiger partial charge in [0.1, 0.15) is 5.78 Å². The Morgan fingerprint density at radius 2 is 2.11 bits per heavy atom.